The molecular weight excluding hydrogens is 397 g/mol. The molecule has 3 rings (SSSR count). The van der Waals surface area contributed by atoms with Crippen LogP contribution in [0.4, 0.5) is 0 Å². The summed E-state index contributed by atoms with van der Waals surface area (Å²) < 4.78 is 5.47. The Bertz CT molecular complexity index is 549. The first kappa shape index (κ1) is 23.5. The molecule has 8 heteroatoms. The number of hydrogen-bond acceptors (Lipinski definition) is 4. The molecule has 26 heavy (non-hydrogen) atoms. The van der Waals surface area contributed by atoms with E-state index in [-0.39, 0.29) is 42.7 Å². The molecule has 0 radical (unpaired) electrons. The Kier molecular flexibility index (Phi) is 10.2. The van der Waals surface area contributed by atoms with Crippen LogP contribution in [0.15, 0.2) is 24.3 Å². The molecule has 2 heterocycles. The number of carbonyl (C=O) groups is 1. The lowest BCUT2D eigenvalue weighted by atomic mass is 9.88. The Morgan fingerprint density at radius 3 is 2.42 bits per heavy atom. The Labute approximate surface area is 173 Å². The van der Waals surface area contributed by atoms with Crippen molar-refractivity contribution in [2.45, 2.75) is 13.0 Å². The van der Waals surface area contributed by atoms with Crippen LogP contribution in [-0.4, -0.2) is 56.7 Å². The van der Waals surface area contributed by atoms with Crippen molar-refractivity contribution in [1.29, 1.82) is 0 Å². The summed E-state index contributed by atoms with van der Waals surface area (Å²) in [6, 6.07) is 8.08. The van der Waals surface area contributed by atoms with Gasteiger partial charge in [0.25, 0.3) is 0 Å². The van der Waals surface area contributed by atoms with Crippen LogP contribution in [0, 0.1) is 11.8 Å². The fraction of sp³-hybridized carbons (Fsp3) is 0.611. The zero-order valence-electron chi connectivity index (χ0n) is 14.9. The molecule has 1 aromatic rings. The Balaban J connectivity index is 0.00000169. The van der Waals surface area contributed by atoms with Crippen molar-refractivity contribution >= 4 is 42.3 Å². The molecule has 2 unspecified atom stereocenters. The van der Waals surface area contributed by atoms with Gasteiger partial charge >= 0.3 is 0 Å². The van der Waals surface area contributed by atoms with Crippen LogP contribution >= 0.6 is 36.4 Å². The van der Waals surface area contributed by atoms with Gasteiger partial charge in [-0.3, -0.25) is 9.69 Å². The third kappa shape index (κ3) is 5.98. The number of morpholine rings is 1. The minimum absolute atomic E-state index is 0. The van der Waals surface area contributed by atoms with Crippen LogP contribution in [-0.2, 0) is 9.53 Å². The van der Waals surface area contributed by atoms with Crippen molar-refractivity contribution in [3.8, 4) is 0 Å². The Hall–Kier alpha value is -0.560. The maximum absolute atomic E-state index is 12.4. The maximum atomic E-state index is 12.4. The first-order valence-electron chi connectivity index (χ1n) is 8.71. The van der Waals surface area contributed by atoms with E-state index in [9.17, 15) is 4.79 Å². The smallest absolute Gasteiger partial charge is 0.223 e. The van der Waals surface area contributed by atoms with Gasteiger partial charge < -0.3 is 15.4 Å². The number of ether oxygens (including phenoxy) is 1. The van der Waals surface area contributed by atoms with Crippen molar-refractivity contribution in [2.24, 2.45) is 11.8 Å². The number of nitrogens with zero attached hydrogens (tertiary/aromatic N) is 1. The van der Waals surface area contributed by atoms with E-state index in [1.165, 1.54) is 5.56 Å². The zero-order chi connectivity index (χ0) is 16.9. The third-order valence-corrected chi connectivity index (χ3v) is 5.40. The third-order valence-electron chi connectivity index (χ3n) is 5.14. The molecule has 0 saturated carbocycles. The quantitative estimate of drug-likeness (QED) is 0.737. The molecule has 2 aliphatic rings. The van der Waals surface area contributed by atoms with Crippen molar-refractivity contribution < 1.29 is 9.53 Å². The van der Waals surface area contributed by atoms with Crippen LogP contribution in [0.25, 0.3) is 0 Å². The van der Waals surface area contributed by atoms with Gasteiger partial charge in [-0.1, -0.05) is 30.7 Å². The fourth-order valence-corrected chi connectivity index (χ4v) is 3.39. The molecule has 2 atom stereocenters. The van der Waals surface area contributed by atoms with Gasteiger partial charge in [0.2, 0.25) is 5.91 Å². The SMILES string of the molecule is CC(C(=O)NCC(c1ccc(Cl)cc1)N1CCOCC1)C1CNC1.Cl.Cl. The molecule has 0 bridgehead atoms. The highest BCUT2D eigenvalue weighted by Gasteiger charge is 2.30. The molecule has 148 valence electrons. The molecular formula is C18H28Cl3N3O2. The van der Waals surface area contributed by atoms with E-state index in [0.29, 0.717) is 12.5 Å². The number of amides is 1. The van der Waals surface area contributed by atoms with Crippen LogP contribution in [0.3, 0.4) is 0 Å². The monoisotopic (exact) mass is 423 g/mol. The van der Waals surface area contributed by atoms with Crippen molar-refractivity contribution in [2.75, 3.05) is 45.9 Å². The summed E-state index contributed by atoms with van der Waals surface area (Å²) in [5.74, 6) is 0.665. The van der Waals surface area contributed by atoms with Gasteiger partial charge in [-0.15, -0.1) is 24.8 Å². The van der Waals surface area contributed by atoms with E-state index in [4.69, 9.17) is 16.3 Å². The van der Waals surface area contributed by atoms with Gasteiger partial charge in [-0.2, -0.15) is 0 Å². The number of hydrogen-bond donors (Lipinski definition) is 2. The fourth-order valence-electron chi connectivity index (χ4n) is 3.27. The molecule has 0 aromatic heterocycles. The van der Waals surface area contributed by atoms with Gasteiger partial charge in [0.15, 0.2) is 0 Å². The molecule has 2 fully saturated rings. The lowest BCUT2D eigenvalue weighted by molar-refractivity contribution is -0.127. The first-order valence-corrected chi connectivity index (χ1v) is 9.08. The number of carbonyl (C=O) groups excluding carboxylic acids is 1. The van der Waals surface area contributed by atoms with Crippen molar-refractivity contribution in [3.63, 3.8) is 0 Å². The molecule has 2 aliphatic heterocycles. The zero-order valence-corrected chi connectivity index (χ0v) is 17.3. The average Bonchev–Trinajstić information content (AvgIpc) is 2.56. The lowest BCUT2D eigenvalue weighted by Gasteiger charge is -2.36. The van der Waals surface area contributed by atoms with Gasteiger partial charge in [-0.25, -0.2) is 0 Å². The van der Waals surface area contributed by atoms with Gasteiger partial charge in [0.05, 0.1) is 19.3 Å². The molecule has 1 amide bonds. The van der Waals surface area contributed by atoms with E-state index >= 15 is 0 Å². The second-order valence-corrected chi connectivity index (χ2v) is 7.10. The summed E-state index contributed by atoms with van der Waals surface area (Å²) in [5.41, 5.74) is 1.18. The number of benzene rings is 1. The normalized spacial score (nSPS) is 20.1. The highest BCUT2D eigenvalue weighted by molar-refractivity contribution is 6.30. The van der Waals surface area contributed by atoms with E-state index in [2.05, 4.69) is 15.5 Å². The predicted molar refractivity (Wildman–Crippen MR) is 110 cm³/mol. The van der Waals surface area contributed by atoms with Crippen LogP contribution in [0.5, 0.6) is 0 Å². The highest BCUT2D eigenvalue weighted by atomic mass is 35.5. The maximum Gasteiger partial charge on any atom is 0.223 e. The second-order valence-electron chi connectivity index (χ2n) is 6.67. The molecule has 5 nitrogen and oxygen atoms in total. The first-order chi connectivity index (χ1) is 11.6. The molecule has 2 N–H and O–H groups in total. The van der Waals surface area contributed by atoms with E-state index in [1.54, 1.807) is 0 Å². The number of rotatable bonds is 6. The minimum atomic E-state index is 0. The lowest BCUT2D eigenvalue weighted by Crippen LogP contribution is -2.51. The van der Waals surface area contributed by atoms with Crippen LogP contribution < -0.4 is 10.6 Å². The summed E-state index contributed by atoms with van der Waals surface area (Å²) >= 11 is 6.02. The topological polar surface area (TPSA) is 53.6 Å². The highest BCUT2D eigenvalue weighted by Crippen LogP contribution is 2.23. The average molecular weight is 425 g/mol. The molecule has 1 aromatic carbocycles. The molecule has 0 aliphatic carbocycles. The summed E-state index contributed by atoms with van der Waals surface area (Å²) in [4.78, 5) is 14.8. The van der Waals surface area contributed by atoms with Crippen molar-refractivity contribution in [1.82, 2.24) is 15.5 Å². The van der Waals surface area contributed by atoms with Crippen molar-refractivity contribution in [3.05, 3.63) is 34.9 Å². The van der Waals surface area contributed by atoms with Crippen LogP contribution in [0.1, 0.15) is 18.5 Å². The standard InChI is InChI=1S/C18H26ClN3O2.2ClH/c1-13(15-10-20-11-15)18(23)21-12-17(22-6-8-24-9-7-22)14-2-4-16(19)5-3-14;;/h2-5,13,15,17,20H,6-12H2,1H3,(H,21,23);2*1H. The van der Waals surface area contributed by atoms with Gasteiger partial charge in [0.1, 0.15) is 0 Å². The Morgan fingerprint density at radius 1 is 1.27 bits per heavy atom. The van der Waals surface area contributed by atoms with E-state index in [1.807, 2.05) is 31.2 Å². The van der Waals surface area contributed by atoms with Gasteiger partial charge in [0, 0.05) is 30.6 Å². The number of halogens is 3. The largest absolute Gasteiger partial charge is 0.379 e. The summed E-state index contributed by atoms with van der Waals surface area (Å²) in [7, 11) is 0. The summed E-state index contributed by atoms with van der Waals surface area (Å²) in [6.07, 6.45) is 0. The summed E-state index contributed by atoms with van der Waals surface area (Å²) in [6.45, 7) is 7.76. The van der Waals surface area contributed by atoms with Crippen LogP contribution in [0.2, 0.25) is 5.02 Å². The minimum Gasteiger partial charge on any atom is -0.379 e. The molecule has 0 spiro atoms. The Morgan fingerprint density at radius 2 is 1.88 bits per heavy atom. The molecule has 2 saturated heterocycles. The van der Waals surface area contributed by atoms with E-state index in [0.717, 1.165) is 44.4 Å². The van der Waals surface area contributed by atoms with Gasteiger partial charge in [-0.05, 0) is 36.7 Å². The predicted octanol–water partition coefficient (Wildman–Crippen LogP) is 2.53. The number of nitrogens with one attached hydrogen (secondary N) is 2. The summed E-state index contributed by atoms with van der Waals surface area (Å²) in [5, 5.41) is 7.12. The second kappa shape index (κ2) is 11.3. The van der Waals surface area contributed by atoms with E-state index < -0.39 is 0 Å².